The third kappa shape index (κ3) is 2.18. The molecule has 2 aliphatic rings. The van der Waals surface area contributed by atoms with E-state index in [4.69, 9.17) is 0 Å². The molecule has 0 N–H and O–H groups in total. The molecule has 0 aliphatic heterocycles. The number of fused-ring (bicyclic) bond motifs is 6. The average Bonchev–Trinajstić information content (AvgIpc) is 2.75. The fraction of sp³-hybridized carbons (Fsp3) is 0.143. The molecule has 0 heteroatoms. The van der Waals surface area contributed by atoms with Gasteiger partial charge in [-0.1, -0.05) is 109 Å². The highest BCUT2D eigenvalue weighted by molar-refractivity contribution is 5.77. The van der Waals surface area contributed by atoms with Gasteiger partial charge in [-0.3, -0.25) is 0 Å². The highest BCUT2D eigenvalue weighted by Crippen LogP contribution is 2.70. The minimum atomic E-state index is 0.517. The molecule has 134 valence electrons. The summed E-state index contributed by atoms with van der Waals surface area (Å²) in [6.45, 7) is 0. The summed E-state index contributed by atoms with van der Waals surface area (Å²) in [4.78, 5) is 0. The molecule has 0 aromatic heterocycles. The summed E-state index contributed by atoms with van der Waals surface area (Å²) in [6.07, 6.45) is 0. The predicted molar refractivity (Wildman–Crippen MR) is 116 cm³/mol. The Kier molecular flexibility index (Phi) is 3.52. The highest BCUT2D eigenvalue weighted by atomic mass is 14.6. The third-order valence-corrected chi connectivity index (χ3v) is 6.85. The molecule has 0 saturated heterocycles. The third-order valence-electron chi connectivity index (χ3n) is 6.85. The Hall–Kier alpha value is -3.12. The number of benzene rings is 4. The van der Waals surface area contributed by atoms with Crippen LogP contribution in [-0.2, 0) is 0 Å². The van der Waals surface area contributed by atoms with Crippen LogP contribution in [0.15, 0.2) is 109 Å². The summed E-state index contributed by atoms with van der Waals surface area (Å²) in [7, 11) is 0. The quantitative estimate of drug-likeness (QED) is 0.358. The molecule has 0 radical (unpaired) electrons. The van der Waals surface area contributed by atoms with Crippen LogP contribution in [0.1, 0.15) is 45.9 Å². The molecule has 0 unspecified atom stereocenters. The van der Waals surface area contributed by atoms with Crippen molar-refractivity contribution in [3.63, 3.8) is 0 Å². The van der Waals surface area contributed by atoms with E-state index >= 15 is 0 Å². The van der Waals surface area contributed by atoms with Crippen molar-refractivity contribution >= 4 is 0 Å². The lowest BCUT2D eigenvalue weighted by molar-refractivity contribution is 0.226. The first-order valence-corrected chi connectivity index (χ1v) is 10.2. The van der Waals surface area contributed by atoms with Gasteiger partial charge >= 0.3 is 0 Å². The standard InChI is InChI=1S/C28H22/c1-3-11-19(12-4-1)25-26(20-13-5-2-6-14-20)28-24-18-10-8-16-22(24)21-15-7-9-17-23(21)27(25)28/h1-18,25-28H/t25-,26+,27-,28+. The van der Waals surface area contributed by atoms with Gasteiger partial charge < -0.3 is 0 Å². The van der Waals surface area contributed by atoms with Crippen molar-refractivity contribution in [1.82, 2.24) is 0 Å². The van der Waals surface area contributed by atoms with Crippen LogP contribution < -0.4 is 0 Å². The summed E-state index contributed by atoms with van der Waals surface area (Å²) < 4.78 is 0. The molecule has 2 aliphatic carbocycles. The molecule has 0 amide bonds. The second kappa shape index (κ2) is 6.21. The number of hydrogen-bond acceptors (Lipinski definition) is 0. The molecule has 4 aromatic carbocycles. The van der Waals surface area contributed by atoms with E-state index in [1.54, 1.807) is 0 Å². The molecular weight excluding hydrogens is 336 g/mol. The zero-order valence-corrected chi connectivity index (χ0v) is 15.7. The molecule has 0 heterocycles. The first-order valence-electron chi connectivity index (χ1n) is 10.2. The first-order chi connectivity index (χ1) is 13.9. The zero-order valence-electron chi connectivity index (χ0n) is 15.7. The molecule has 1 fully saturated rings. The van der Waals surface area contributed by atoms with Gasteiger partial charge in [-0.25, -0.2) is 0 Å². The topological polar surface area (TPSA) is 0 Å². The Labute approximate surface area is 166 Å². The van der Waals surface area contributed by atoms with Gasteiger partial charge in [-0.15, -0.1) is 0 Å². The SMILES string of the molecule is c1ccc([C@@H]2[C@H](c3ccccc3)[C@@H]3c4ccccc4-c4ccccc4[C@H]23)cc1. The van der Waals surface area contributed by atoms with Crippen LogP contribution in [0.2, 0.25) is 0 Å². The van der Waals surface area contributed by atoms with Gasteiger partial charge in [0.05, 0.1) is 0 Å². The Balaban J connectivity index is 1.60. The molecule has 4 atom stereocenters. The van der Waals surface area contributed by atoms with Crippen molar-refractivity contribution in [2.45, 2.75) is 23.7 Å². The van der Waals surface area contributed by atoms with E-state index in [1.807, 2.05) is 0 Å². The maximum Gasteiger partial charge on any atom is -0.000568 e. The van der Waals surface area contributed by atoms with Crippen LogP contribution in [0, 0.1) is 0 Å². The lowest BCUT2D eigenvalue weighted by atomic mass is 9.46. The fourth-order valence-electron chi connectivity index (χ4n) is 5.77. The van der Waals surface area contributed by atoms with E-state index in [0.717, 1.165) is 0 Å². The van der Waals surface area contributed by atoms with Crippen molar-refractivity contribution in [1.29, 1.82) is 0 Å². The molecule has 0 nitrogen and oxygen atoms in total. The Morgan fingerprint density at radius 1 is 0.321 bits per heavy atom. The van der Waals surface area contributed by atoms with Crippen molar-refractivity contribution < 1.29 is 0 Å². The number of rotatable bonds is 2. The summed E-state index contributed by atoms with van der Waals surface area (Å²) in [6, 6.07) is 40.4. The minimum absolute atomic E-state index is 0.517. The van der Waals surface area contributed by atoms with Crippen molar-refractivity contribution in [3.8, 4) is 11.1 Å². The van der Waals surface area contributed by atoms with E-state index in [1.165, 1.54) is 33.4 Å². The van der Waals surface area contributed by atoms with Gasteiger partial charge in [0.15, 0.2) is 0 Å². The molecule has 1 saturated carbocycles. The zero-order chi connectivity index (χ0) is 18.5. The van der Waals surface area contributed by atoms with Gasteiger partial charge in [-0.2, -0.15) is 0 Å². The summed E-state index contributed by atoms with van der Waals surface area (Å²) in [5.41, 5.74) is 8.82. The van der Waals surface area contributed by atoms with E-state index in [-0.39, 0.29) is 0 Å². The molecule has 28 heavy (non-hydrogen) atoms. The van der Waals surface area contributed by atoms with E-state index in [0.29, 0.717) is 23.7 Å². The van der Waals surface area contributed by atoms with E-state index < -0.39 is 0 Å². The highest BCUT2D eigenvalue weighted by Gasteiger charge is 2.55. The monoisotopic (exact) mass is 358 g/mol. The molecule has 0 bridgehead atoms. The van der Waals surface area contributed by atoms with Gasteiger partial charge in [0.25, 0.3) is 0 Å². The largest absolute Gasteiger partial charge is 0.0622 e. The van der Waals surface area contributed by atoms with Crippen LogP contribution in [0.4, 0.5) is 0 Å². The number of hydrogen-bond donors (Lipinski definition) is 0. The Bertz CT molecular complexity index is 1020. The van der Waals surface area contributed by atoms with E-state index in [9.17, 15) is 0 Å². The molecular formula is C28H22. The van der Waals surface area contributed by atoms with Gasteiger partial charge in [0.2, 0.25) is 0 Å². The van der Waals surface area contributed by atoms with Crippen LogP contribution in [0.3, 0.4) is 0 Å². The van der Waals surface area contributed by atoms with Crippen molar-refractivity contribution in [2.24, 2.45) is 0 Å². The van der Waals surface area contributed by atoms with Gasteiger partial charge in [-0.05, 0) is 57.1 Å². The first kappa shape index (κ1) is 15.9. The normalized spacial score (nSPS) is 24.4. The summed E-state index contributed by atoms with van der Waals surface area (Å²) in [5, 5.41) is 0. The van der Waals surface area contributed by atoms with Crippen molar-refractivity contribution in [3.05, 3.63) is 131 Å². The molecule has 6 rings (SSSR count). The smallest absolute Gasteiger partial charge is 0.000568 e. The Morgan fingerprint density at radius 2 is 0.679 bits per heavy atom. The van der Waals surface area contributed by atoms with Crippen molar-refractivity contribution in [2.75, 3.05) is 0 Å². The maximum absolute atomic E-state index is 2.36. The van der Waals surface area contributed by atoms with Crippen LogP contribution in [0.5, 0.6) is 0 Å². The molecule has 0 spiro atoms. The lowest BCUT2D eigenvalue weighted by Gasteiger charge is -2.56. The van der Waals surface area contributed by atoms with E-state index in [2.05, 4.69) is 109 Å². The maximum atomic E-state index is 2.36. The molecule has 4 aromatic rings. The minimum Gasteiger partial charge on any atom is -0.0622 e. The summed E-state index contributed by atoms with van der Waals surface area (Å²) in [5.74, 6) is 2.11. The lowest BCUT2D eigenvalue weighted by Crippen LogP contribution is -2.42. The second-order valence-electron chi connectivity index (χ2n) is 8.10. The van der Waals surface area contributed by atoms with Gasteiger partial charge in [0, 0.05) is 0 Å². The van der Waals surface area contributed by atoms with Crippen LogP contribution in [0.25, 0.3) is 11.1 Å². The summed E-state index contributed by atoms with van der Waals surface area (Å²) >= 11 is 0. The average molecular weight is 358 g/mol. The fourth-order valence-corrected chi connectivity index (χ4v) is 5.77. The Morgan fingerprint density at radius 3 is 1.11 bits per heavy atom. The van der Waals surface area contributed by atoms with Crippen LogP contribution in [-0.4, -0.2) is 0 Å². The predicted octanol–water partition coefficient (Wildman–Crippen LogP) is 7.12. The van der Waals surface area contributed by atoms with Gasteiger partial charge in [0.1, 0.15) is 0 Å². The van der Waals surface area contributed by atoms with Crippen LogP contribution >= 0.6 is 0 Å². The second-order valence-corrected chi connectivity index (χ2v) is 8.10.